The minimum absolute atomic E-state index is 0.114. The number of rotatable bonds is 4. The van der Waals surface area contributed by atoms with E-state index in [0.717, 1.165) is 28.9 Å². The lowest BCUT2D eigenvalue weighted by Crippen LogP contribution is -2.28. The standard InChI is InChI=1S/C22H14ClF4N7/c23-20-17(13-5-6-33-18(8-13)31-21(28)32-33)7-14(9-29-20)15-10-30-34(11-15)19(22(25,26)27)12-1-3-16(24)4-2-12/h1-11,19H,(H2,28,32). The molecule has 1 aromatic carbocycles. The summed E-state index contributed by atoms with van der Waals surface area (Å²) in [6.07, 6.45) is 1.02. The molecule has 0 spiro atoms. The Labute approximate surface area is 194 Å². The Morgan fingerprint density at radius 2 is 1.74 bits per heavy atom. The van der Waals surface area contributed by atoms with Gasteiger partial charge in [-0.1, -0.05) is 23.7 Å². The second kappa shape index (κ2) is 8.10. The Morgan fingerprint density at radius 1 is 0.971 bits per heavy atom. The summed E-state index contributed by atoms with van der Waals surface area (Å²) in [5.74, 6) is -0.513. The highest BCUT2D eigenvalue weighted by atomic mass is 35.5. The van der Waals surface area contributed by atoms with Crippen LogP contribution in [0, 0.1) is 5.82 Å². The molecule has 0 aliphatic rings. The average molecular weight is 488 g/mol. The number of anilines is 1. The molecule has 4 heterocycles. The number of hydrogen-bond donors (Lipinski definition) is 1. The highest BCUT2D eigenvalue weighted by molar-refractivity contribution is 6.32. The van der Waals surface area contributed by atoms with E-state index in [-0.39, 0.29) is 16.7 Å². The maximum absolute atomic E-state index is 13.9. The monoisotopic (exact) mass is 487 g/mol. The lowest BCUT2D eigenvalue weighted by atomic mass is 10.0. The van der Waals surface area contributed by atoms with Gasteiger partial charge in [-0.2, -0.15) is 23.3 Å². The summed E-state index contributed by atoms with van der Waals surface area (Å²) in [6.45, 7) is 0. The molecule has 0 amide bonds. The van der Waals surface area contributed by atoms with Crippen LogP contribution in [0.1, 0.15) is 11.6 Å². The Morgan fingerprint density at radius 3 is 2.47 bits per heavy atom. The van der Waals surface area contributed by atoms with Crippen molar-refractivity contribution in [2.45, 2.75) is 12.2 Å². The lowest BCUT2D eigenvalue weighted by Gasteiger charge is -2.21. The number of fused-ring (bicyclic) bond motifs is 1. The average Bonchev–Trinajstić information content (AvgIpc) is 3.40. The van der Waals surface area contributed by atoms with E-state index in [1.165, 1.54) is 23.1 Å². The van der Waals surface area contributed by atoms with Gasteiger partial charge in [-0.05, 0) is 41.5 Å². The molecule has 7 nitrogen and oxygen atoms in total. The molecule has 1 unspecified atom stereocenters. The van der Waals surface area contributed by atoms with Gasteiger partial charge in [0.2, 0.25) is 5.95 Å². The van der Waals surface area contributed by atoms with Gasteiger partial charge in [-0.3, -0.25) is 4.68 Å². The first-order valence-electron chi connectivity index (χ1n) is 9.83. The van der Waals surface area contributed by atoms with Gasteiger partial charge < -0.3 is 5.73 Å². The number of benzene rings is 1. The summed E-state index contributed by atoms with van der Waals surface area (Å²) in [6, 6.07) is 7.21. The SMILES string of the molecule is Nc1nc2cc(-c3cc(-c4cnn(C(c5ccc(F)cc5)C(F)(F)F)c4)cnc3Cl)ccn2n1. The van der Waals surface area contributed by atoms with Crippen molar-refractivity contribution >= 4 is 23.2 Å². The van der Waals surface area contributed by atoms with Gasteiger partial charge in [0.15, 0.2) is 11.7 Å². The molecule has 0 aliphatic heterocycles. The fourth-order valence-corrected chi connectivity index (χ4v) is 3.85. The van der Waals surface area contributed by atoms with Gasteiger partial charge in [0.05, 0.1) is 6.20 Å². The molecule has 12 heteroatoms. The lowest BCUT2D eigenvalue weighted by molar-refractivity contribution is -0.159. The van der Waals surface area contributed by atoms with Crippen molar-refractivity contribution in [3.63, 3.8) is 0 Å². The van der Waals surface area contributed by atoms with Gasteiger partial charge in [-0.15, -0.1) is 5.10 Å². The molecule has 4 aromatic heterocycles. The number of pyridine rings is 2. The van der Waals surface area contributed by atoms with Gasteiger partial charge in [-0.25, -0.2) is 13.9 Å². The highest BCUT2D eigenvalue weighted by Crippen LogP contribution is 2.37. The zero-order chi connectivity index (χ0) is 24.0. The number of nitrogens with two attached hydrogens (primary N) is 1. The minimum atomic E-state index is -4.65. The zero-order valence-corrected chi connectivity index (χ0v) is 17.8. The third-order valence-corrected chi connectivity index (χ3v) is 5.50. The second-order valence-corrected chi connectivity index (χ2v) is 7.81. The molecule has 0 aliphatic carbocycles. The summed E-state index contributed by atoms with van der Waals surface area (Å²) >= 11 is 6.30. The smallest absolute Gasteiger partial charge is 0.366 e. The first-order valence-corrected chi connectivity index (χ1v) is 10.2. The number of aromatic nitrogens is 6. The van der Waals surface area contributed by atoms with Crippen molar-refractivity contribution in [2.24, 2.45) is 0 Å². The van der Waals surface area contributed by atoms with E-state index < -0.39 is 18.0 Å². The summed E-state index contributed by atoms with van der Waals surface area (Å²) in [5.41, 5.74) is 8.10. The van der Waals surface area contributed by atoms with Crippen LogP contribution in [0.25, 0.3) is 27.9 Å². The molecule has 172 valence electrons. The van der Waals surface area contributed by atoms with Gasteiger partial charge in [0.1, 0.15) is 11.0 Å². The van der Waals surface area contributed by atoms with Crippen LogP contribution in [-0.2, 0) is 0 Å². The van der Waals surface area contributed by atoms with Crippen molar-refractivity contribution in [1.29, 1.82) is 0 Å². The number of nitrogens with zero attached hydrogens (tertiary/aromatic N) is 6. The predicted octanol–water partition coefficient (Wildman–Crippen LogP) is 5.18. The summed E-state index contributed by atoms with van der Waals surface area (Å²) in [7, 11) is 0. The molecule has 34 heavy (non-hydrogen) atoms. The highest BCUT2D eigenvalue weighted by Gasteiger charge is 2.43. The van der Waals surface area contributed by atoms with E-state index in [1.54, 1.807) is 24.4 Å². The van der Waals surface area contributed by atoms with Crippen LogP contribution < -0.4 is 5.73 Å². The number of nitrogen functional groups attached to an aromatic ring is 1. The van der Waals surface area contributed by atoms with Crippen LogP contribution >= 0.6 is 11.6 Å². The van der Waals surface area contributed by atoms with Crippen molar-refractivity contribution in [1.82, 2.24) is 29.4 Å². The summed E-state index contributed by atoms with van der Waals surface area (Å²) < 4.78 is 57.1. The van der Waals surface area contributed by atoms with Crippen LogP contribution in [0.5, 0.6) is 0 Å². The van der Waals surface area contributed by atoms with Crippen LogP contribution in [0.15, 0.2) is 67.3 Å². The molecule has 0 fully saturated rings. The van der Waals surface area contributed by atoms with Gasteiger partial charge in [0.25, 0.3) is 0 Å². The van der Waals surface area contributed by atoms with Gasteiger partial charge >= 0.3 is 6.18 Å². The van der Waals surface area contributed by atoms with Crippen LogP contribution in [0.2, 0.25) is 5.15 Å². The topological polar surface area (TPSA) is 86.9 Å². The maximum Gasteiger partial charge on any atom is 0.415 e. The largest absolute Gasteiger partial charge is 0.415 e. The molecular formula is C22H14ClF4N7. The van der Waals surface area contributed by atoms with Crippen molar-refractivity contribution in [3.05, 3.63) is 83.8 Å². The quantitative estimate of drug-likeness (QED) is 0.279. The van der Waals surface area contributed by atoms with E-state index >= 15 is 0 Å². The molecule has 2 N–H and O–H groups in total. The predicted molar refractivity (Wildman–Crippen MR) is 117 cm³/mol. The van der Waals surface area contributed by atoms with Gasteiger partial charge in [0, 0.05) is 35.3 Å². The molecular weight excluding hydrogens is 474 g/mol. The van der Waals surface area contributed by atoms with E-state index in [9.17, 15) is 17.6 Å². The number of alkyl halides is 3. The number of halogens is 5. The molecule has 0 radical (unpaired) electrons. The normalized spacial score (nSPS) is 12.9. The third-order valence-electron chi connectivity index (χ3n) is 5.20. The maximum atomic E-state index is 13.9. The van der Waals surface area contributed by atoms with E-state index in [0.29, 0.717) is 27.9 Å². The molecule has 5 rings (SSSR count). The molecule has 0 bridgehead atoms. The third kappa shape index (κ3) is 4.05. The summed E-state index contributed by atoms with van der Waals surface area (Å²) in [4.78, 5) is 8.30. The van der Waals surface area contributed by atoms with Crippen LogP contribution in [-0.4, -0.2) is 35.5 Å². The van der Waals surface area contributed by atoms with Crippen molar-refractivity contribution in [3.8, 4) is 22.3 Å². The van der Waals surface area contributed by atoms with Crippen LogP contribution in [0.3, 0.4) is 0 Å². The minimum Gasteiger partial charge on any atom is -0.366 e. The Bertz CT molecular complexity index is 1490. The molecule has 1 atom stereocenters. The Balaban J connectivity index is 1.54. The fraction of sp³-hybridized carbons (Fsp3) is 0.0909. The van der Waals surface area contributed by atoms with Crippen molar-refractivity contribution in [2.75, 3.05) is 5.73 Å². The van der Waals surface area contributed by atoms with E-state index in [1.807, 2.05) is 0 Å². The summed E-state index contributed by atoms with van der Waals surface area (Å²) in [5, 5.41) is 8.15. The zero-order valence-electron chi connectivity index (χ0n) is 17.1. The first kappa shape index (κ1) is 21.8. The number of hydrogen-bond acceptors (Lipinski definition) is 5. The molecule has 5 aromatic rings. The fourth-order valence-electron chi connectivity index (χ4n) is 3.64. The Kier molecular flexibility index (Phi) is 5.20. The van der Waals surface area contributed by atoms with Crippen molar-refractivity contribution < 1.29 is 17.6 Å². The van der Waals surface area contributed by atoms with E-state index in [2.05, 4.69) is 20.2 Å². The second-order valence-electron chi connectivity index (χ2n) is 7.46. The first-order chi connectivity index (χ1) is 16.2. The Hall–Kier alpha value is -3.99. The molecule has 0 saturated heterocycles. The van der Waals surface area contributed by atoms with Crippen LogP contribution in [0.4, 0.5) is 23.5 Å². The van der Waals surface area contributed by atoms with E-state index in [4.69, 9.17) is 17.3 Å². The molecule has 0 saturated carbocycles.